The van der Waals surface area contributed by atoms with Crippen LogP contribution in [0, 0.1) is 0 Å². The van der Waals surface area contributed by atoms with Crippen molar-refractivity contribution in [2.24, 2.45) is 0 Å². The standard InChI is InChI=1S/C26H16ClF3N2O4/c27-18-6-7-19-16(10-18)11-20(36-19)23(33)21-22(15-4-2-8-31-12-15)32(25(35)24(21)34)13-14-3-1-5-17(9-14)26(28,29)30/h1-12,22,34H,13H2. The van der Waals surface area contributed by atoms with E-state index in [1.54, 1.807) is 30.3 Å². The number of carbonyl (C=O) groups excluding carboxylic acids is 2. The van der Waals surface area contributed by atoms with Gasteiger partial charge in [0.2, 0.25) is 5.78 Å². The molecule has 182 valence electrons. The van der Waals surface area contributed by atoms with Gasteiger partial charge in [-0.1, -0.05) is 29.8 Å². The van der Waals surface area contributed by atoms with Gasteiger partial charge in [0.15, 0.2) is 11.5 Å². The summed E-state index contributed by atoms with van der Waals surface area (Å²) in [5.74, 6) is -2.58. The predicted octanol–water partition coefficient (Wildman–Crippen LogP) is 6.28. The number of fused-ring (bicyclic) bond motifs is 1. The van der Waals surface area contributed by atoms with Crippen molar-refractivity contribution in [1.82, 2.24) is 9.88 Å². The summed E-state index contributed by atoms with van der Waals surface area (Å²) in [5.41, 5.74) is -0.189. The summed E-state index contributed by atoms with van der Waals surface area (Å²) in [6, 6.07) is 12.8. The van der Waals surface area contributed by atoms with Crippen molar-refractivity contribution in [2.45, 2.75) is 18.8 Å². The number of benzene rings is 2. The summed E-state index contributed by atoms with van der Waals surface area (Å²) in [7, 11) is 0. The second kappa shape index (κ2) is 8.83. The lowest BCUT2D eigenvalue weighted by atomic mass is 9.96. The van der Waals surface area contributed by atoms with Crippen molar-refractivity contribution in [3.63, 3.8) is 0 Å². The van der Waals surface area contributed by atoms with Crippen LogP contribution >= 0.6 is 11.6 Å². The van der Waals surface area contributed by atoms with Crippen LogP contribution in [0.3, 0.4) is 0 Å². The summed E-state index contributed by atoms with van der Waals surface area (Å²) in [6.07, 6.45) is -1.66. The highest BCUT2D eigenvalue weighted by Gasteiger charge is 2.45. The second-order valence-corrected chi connectivity index (χ2v) is 8.64. The van der Waals surface area contributed by atoms with E-state index in [4.69, 9.17) is 16.0 Å². The number of ketones is 1. The Morgan fingerprint density at radius 2 is 1.92 bits per heavy atom. The fourth-order valence-corrected chi connectivity index (χ4v) is 4.42. The van der Waals surface area contributed by atoms with E-state index in [0.29, 0.717) is 21.6 Å². The lowest BCUT2D eigenvalue weighted by molar-refractivity contribution is -0.137. The molecule has 2 aromatic carbocycles. The van der Waals surface area contributed by atoms with Gasteiger partial charge in [0, 0.05) is 29.3 Å². The van der Waals surface area contributed by atoms with Crippen molar-refractivity contribution in [1.29, 1.82) is 0 Å². The number of carbonyl (C=O) groups is 2. The third-order valence-electron chi connectivity index (χ3n) is 5.86. The molecule has 5 rings (SSSR count). The number of nitrogens with zero attached hydrogens (tertiary/aromatic N) is 2. The molecule has 1 unspecified atom stereocenters. The van der Waals surface area contributed by atoms with Crippen molar-refractivity contribution < 1.29 is 32.3 Å². The molecule has 1 aliphatic rings. The molecular weight excluding hydrogens is 497 g/mol. The number of rotatable bonds is 5. The van der Waals surface area contributed by atoms with Crippen molar-refractivity contribution in [3.8, 4) is 0 Å². The van der Waals surface area contributed by atoms with Gasteiger partial charge in [-0.3, -0.25) is 14.6 Å². The van der Waals surface area contributed by atoms with Gasteiger partial charge in [0.05, 0.1) is 17.2 Å². The molecule has 0 saturated heterocycles. The zero-order valence-electron chi connectivity index (χ0n) is 18.3. The second-order valence-electron chi connectivity index (χ2n) is 8.20. The van der Waals surface area contributed by atoms with Gasteiger partial charge in [-0.25, -0.2) is 0 Å². The number of amides is 1. The average Bonchev–Trinajstić information content (AvgIpc) is 3.38. The fourth-order valence-electron chi connectivity index (χ4n) is 4.23. The Bertz CT molecular complexity index is 1530. The SMILES string of the molecule is O=C(C1=C(O)C(=O)N(Cc2cccc(C(F)(F)F)c2)C1c1cccnc1)c1cc2cc(Cl)ccc2o1. The molecule has 0 aliphatic carbocycles. The Balaban J connectivity index is 1.57. The van der Waals surface area contributed by atoms with Crippen LogP contribution in [0.1, 0.15) is 33.3 Å². The van der Waals surface area contributed by atoms with Crippen LogP contribution in [0.2, 0.25) is 5.02 Å². The van der Waals surface area contributed by atoms with E-state index in [9.17, 15) is 27.9 Å². The highest BCUT2D eigenvalue weighted by molar-refractivity contribution is 6.31. The molecule has 1 aliphatic heterocycles. The van der Waals surface area contributed by atoms with Crippen LogP contribution in [0.4, 0.5) is 13.2 Å². The maximum absolute atomic E-state index is 13.5. The van der Waals surface area contributed by atoms with Crippen molar-refractivity contribution in [3.05, 3.63) is 112 Å². The minimum atomic E-state index is -4.57. The first-order valence-electron chi connectivity index (χ1n) is 10.7. The van der Waals surface area contributed by atoms with Gasteiger partial charge in [-0.15, -0.1) is 0 Å². The van der Waals surface area contributed by atoms with Crippen LogP contribution in [0.25, 0.3) is 11.0 Å². The largest absolute Gasteiger partial charge is 0.503 e. The van der Waals surface area contributed by atoms with Crippen LogP contribution < -0.4 is 0 Å². The van der Waals surface area contributed by atoms with Crippen molar-refractivity contribution >= 4 is 34.3 Å². The minimum Gasteiger partial charge on any atom is -0.503 e. The first-order chi connectivity index (χ1) is 17.1. The molecule has 10 heteroatoms. The van der Waals surface area contributed by atoms with Crippen LogP contribution in [-0.2, 0) is 17.5 Å². The van der Waals surface area contributed by atoms with E-state index in [1.807, 2.05) is 0 Å². The zero-order valence-corrected chi connectivity index (χ0v) is 19.0. The Morgan fingerprint density at radius 1 is 1.11 bits per heavy atom. The van der Waals surface area contributed by atoms with E-state index in [1.165, 1.54) is 30.6 Å². The number of aliphatic hydroxyl groups excluding tert-OH is 1. The first-order valence-corrected chi connectivity index (χ1v) is 11.1. The molecule has 3 heterocycles. The molecule has 0 bridgehead atoms. The highest BCUT2D eigenvalue weighted by Crippen LogP contribution is 2.41. The van der Waals surface area contributed by atoms with E-state index in [0.717, 1.165) is 17.0 Å². The molecule has 4 aromatic rings. The van der Waals surface area contributed by atoms with E-state index >= 15 is 0 Å². The van der Waals surface area contributed by atoms with E-state index in [-0.39, 0.29) is 23.4 Å². The van der Waals surface area contributed by atoms with Gasteiger partial charge < -0.3 is 14.4 Å². The smallest absolute Gasteiger partial charge is 0.416 e. The normalized spacial score (nSPS) is 16.3. The van der Waals surface area contributed by atoms with E-state index in [2.05, 4.69) is 4.98 Å². The molecule has 2 aromatic heterocycles. The monoisotopic (exact) mass is 512 g/mol. The summed E-state index contributed by atoms with van der Waals surface area (Å²) >= 11 is 6.01. The lowest BCUT2D eigenvalue weighted by Gasteiger charge is -2.26. The minimum absolute atomic E-state index is 0.128. The number of pyridine rings is 1. The molecule has 0 saturated carbocycles. The van der Waals surface area contributed by atoms with Gasteiger partial charge in [0.25, 0.3) is 5.91 Å². The summed E-state index contributed by atoms with van der Waals surface area (Å²) < 4.78 is 45.3. The summed E-state index contributed by atoms with van der Waals surface area (Å²) in [5, 5.41) is 11.8. The topological polar surface area (TPSA) is 83.6 Å². The molecule has 1 N–H and O–H groups in total. The molecule has 1 amide bonds. The molecule has 6 nitrogen and oxygen atoms in total. The van der Waals surface area contributed by atoms with Crippen LogP contribution in [-0.4, -0.2) is 26.7 Å². The average molecular weight is 513 g/mol. The number of Topliss-reactive ketones (excluding diaryl/α,β-unsaturated/α-hetero) is 1. The summed E-state index contributed by atoms with van der Waals surface area (Å²) in [6.45, 7) is -0.293. The zero-order chi connectivity index (χ0) is 25.6. The molecule has 0 fully saturated rings. The lowest BCUT2D eigenvalue weighted by Crippen LogP contribution is -2.30. The Kier molecular flexibility index (Phi) is 5.80. The number of hydrogen-bond acceptors (Lipinski definition) is 5. The third kappa shape index (κ3) is 4.22. The molecular formula is C26H16ClF3N2O4. The number of aromatic nitrogens is 1. The Labute approximate surface area is 207 Å². The number of furan rings is 1. The first kappa shape index (κ1) is 23.6. The number of alkyl halides is 3. The quantitative estimate of drug-likeness (QED) is 0.318. The van der Waals surface area contributed by atoms with Gasteiger partial charge in [-0.2, -0.15) is 13.2 Å². The van der Waals surface area contributed by atoms with Gasteiger partial charge in [0.1, 0.15) is 5.58 Å². The molecule has 0 spiro atoms. The third-order valence-corrected chi connectivity index (χ3v) is 6.09. The number of halogens is 4. The maximum Gasteiger partial charge on any atom is 0.416 e. The Morgan fingerprint density at radius 3 is 2.64 bits per heavy atom. The maximum atomic E-state index is 13.5. The number of hydrogen-bond donors (Lipinski definition) is 1. The molecule has 0 radical (unpaired) electrons. The van der Waals surface area contributed by atoms with Crippen LogP contribution in [0.5, 0.6) is 0 Å². The van der Waals surface area contributed by atoms with E-state index < -0.39 is 35.2 Å². The summed E-state index contributed by atoms with van der Waals surface area (Å²) in [4.78, 5) is 31.8. The fraction of sp³-hybridized carbons (Fsp3) is 0.115. The highest BCUT2D eigenvalue weighted by atomic mass is 35.5. The van der Waals surface area contributed by atoms with Gasteiger partial charge >= 0.3 is 6.18 Å². The van der Waals surface area contributed by atoms with Gasteiger partial charge in [-0.05, 0) is 53.6 Å². The van der Waals surface area contributed by atoms with Crippen molar-refractivity contribution in [2.75, 3.05) is 0 Å². The predicted molar refractivity (Wildman–Crippen MR) is 124 cm³/mol. The Hall–Kier alpha value is -4.11. The molecule has 36 heavy (non-hydrogen) atoms. The van der Waals surface area contributed by atoms with Crippen LogP contribution in [0.15, 0.2) is 88.8 Å². The molecule has 1 atom stereocenters. The number of aliphatic hydroxyl groups is 1.